The molecule has 1 fully saturated rings. The highest BCUT2D eigenvalue weighted by Gasteiger charge is 2.31. The smallest absolute Gasteiger partial charge is 0.312 e. The zero-order valence-electron chi connectivity index (χ0n) is 14.9. The van der Waals surface area contributed by atoms with Gasteiger partial charge in [0.1, 0.15) is 5.82 Å². The van der Waals surface area contributed by atoms with Gasteiger partial charge in [0.25, 0.3) is 5.91 Å². The molecule has 0 spiro atoms. The van der Waals surface area contributed by atoms with Crippen LogP contribution in [0, 0.1) is 5.82 Å². The van der Waals surface area contributed by atoms with Crippen molar-refractivity contribution >= 4 is 23.4 Å². The van der Waals surface area contributed by atoms with E-state index < -0.39 is 23.5 Å². The highest BCUT2D eigenvalue weighted by molar-refractivity contribution is 6.35. The van der Waals surface area contributed by atoms with Crippen molar-refractivity contribution in [2.75, 3.05) is 25.0 Å². The molecule has 6 nitrogen and oxygen atoms in total. The number of anilines is 1. The summed E-state index contributed by atoms with van der Waals surface area (Å²) in [6.45, 7) is 3.66. The number of rotatable bonds is 5. The number of para-hydroxylation sites is 1. The average Bonchev–Trinajstić information content (AvgIpc) is 2.68. The Balaban J connectivity index is 1.64. The van der Waals surface area contributed by atoms with E-state index in [1.54, 1.807) is 36.4 Å². The zero-order chi connectivity index (χ0) is 19.4. The Bertz CT molecular complexity index is 867. The topological polar surface area (TPSA) is 69.7 Å². The number of carbonyl (C=O) groups is 3. The van der Waals surface area contributed by atoms with E-state index in [9.17, 15) is 18.8 Å². The monoisotopic (exact) mass is 369 g/mol. The Morgan fingerprint density at radius 3 is 2.30 bits per heavy atom. The van der Waals surface area contributed by atoms with Crippen molar-refractivity contribution in [1.82, 2.24) is 9.80 Å². The number of benzene rings is 2. The lowest BCUT2D eigenvalue weighted by Crippen LogP contribution is -2.53. The van der Waals surface area contributed by atoms with Crippen LogP contribution in [0.4, 0.5) is 10.1 Å². The number of carbonyl (C=O) groups excluding carboxylic acids is 3. The van der Waals surface area contributed by atoms with Gasteiger partial charge in [0.15, 0.2) is 0 Å². The molecular formula is C20H20FN3O3. The molecule has 0 unspecified atom stereocenters. The number of halogens is 1. The van der Waals surface area contributed by atoms with Crippen molar-refractivity contribution < 1.29 is 18.8 Å². The van der Waals surface area contributed by atoms with E-state index in [1.807, 2.05) is 6.92 Å². The van der Waals surface area contributed by atoms with Gasteiger partial charge in [0.2, 0.25) is 0 Å². The van der Waals surface area contributed by atoms with Crippen LogP contribution in [-0.2, 0) is 16.1 Å². The van der Waals surface area contributed by atoms with E-state index in [1.165, 1.54) is 21.9 Å². The van der Waals surface area contributed by atoms with Crippen LogP contribution >= 0.6 is 0 Å². The van der Waals surface area contributed by atoms with Gasteiger partial charge in [-0.05, 0) is 36.8 Å². The number of hydrogen-bond acceptors (Lipinski definition) is 3. The number of hydrogen-bond donors (Lipinski definition) is 1. The molecule has 1 aliphatic rings. The fourth-order valence-corrected chi connectivity index (χ4v) is 2.91. The van der Waals surface area contributed by atoms with E-state index >= 15 is 0 Å². The molecule has 3 amide bonds. The molecule has 7 heteroatoms. The summed E-state index contributed by atoms with van der Waals surface area (Å²) in [4.78, 5) is 39.4. The third-order valence-electron chi connectivity index (χ3n) is 4.49. The minimum absolute atomic E-state index is 0.115. The Morgan fingerprint density at radius 1 is 1.00 bits per heavy atom. The highest BCUT2D eigenvalue weighted by Crippen LogP contribution is 2.15. The molecular weight excluding hydrogens is 349 g/mol. The molecule has 0 atom stereocenters. The Labute approximate surface area is 156 Å². The Hall–Kier alpha value is -3.22. The van der Waals surface area contributed by atoms with Crippen molar-refractivity contribution in [3.63, 3.8) is 0 Å². The van der Waals surface area contributed by atoms with E-state index in [0.717, 1.165) is 5.56 Å². The summed E-state index contributed by atoms with van der Waals surface area (Å²) in [5.74, 6) is -1.92. The van der Waals surface area contributed by atoms with Crippen LogP contribution in [0.1, 0.15) is 22.8 Å². The fraction of sp³-hybridized carbons (Fsp3) is 0.250. The van der Waals surface area contributed by atoms with Gasteiger partial charge in [-0.2, -0.15) is 0 Å². The summed E-state index contributed by atoms with van der Waals surface area (Å²) in [7, 11) is 0. The van der Waals surface area contributed by atoms with Gasteiger partial charge in [-0.25, -0.2) is 4.39 Å². The molecule has 3 rings (SSSR count). The molecule has 0 saturated carbocycles. The Morgan fingerprint density at radius 2 is 1.63 bits per heavy atom. The largest absolute Gasteiger partial charge is 0.333 e. The van der Waals surface area contributed by atoms with Gasteiger partial charge >= 0.3 is 11.8 Å². The fourth-order valence-electron chi connectivity index (χ4n) is 2.91. The maximum Gasteiger partial charge on any atom is 0.312 e. The molecule has 1 heterocycles. The summed E-state index contributed by atoms with van der Waals surface area (Å²) in [5.41, 5.74) is 1.30. The molecule has 27 heavy (non-hydrogen) atoms. The SMILES string of the molecule is CCN1CCN(Cc2ccc(C(=O)Nc3ccccc3F)cc2)C(=O)C1=O. The maximum absolute atomic E-state index is 13.6. The first-order valence-corrected chi connectivity index (χ1v) is 8.72. The van der Waals surface area contributed by atoms with E-state index in [-0.39, 0.29) is 5.69 Å². The number of nitrogens with one attached hydrogen (secondary N) is 1. The van der Waals surface area contributed by atoms with Crippen LogP contribution < -0.4 is 5.32 Å². The van der Waals surface area contributed by atoms with Crippen molar-refractivity contribution in [2.45, 2.75) is 13.5 Å². The minimum atomic E-state index is -0.510. The molecule has 2 aromatic carbocycles. The quantitative estimate of drug-likeness (QED) is 0.822. The molecule has 1 N–H and O–H groups in total. The lowest BCUT2D eigenvalue weighted by atomic mass is 10.1. The minimum Gasteiger partial charge on any atom is -0.333 e. The molecule has 0 bridgehead atoms. The first-order valence-electron chi connectivity index (χ1n) is 8.72. The number of piperazine rings is 1. The van der Waals surface area contributed by atoms with Gasteiger partial charge in [-0.3, -0.25) is 14.4 Å². The lowest BCUT2D eigenvalue weighted by molar-refractivity contribution is -0.156. The summed E-state index contributed by atoms with van der Waals surface area (Å²) in [5, 5.41) is 2.52. The van der Waals surface area contributed by atoms with Gasteiger partial charge in [0, 0.05) is 31.7 Å². The van der Waals surface area contributed by atoms with Crippen LogP contribution in [0.15, 0.2) is 48.5 Å². The normalized spacial score (nSPS) is 14.4. The van der Waals surface area contributed by atoms with Crippen LogP contribution in [0.2, 0.25) is 0 Å². The molecule has 0 aliphatic carbocycles. The first kappa shape index (κ1) is 18.6. The molecule has 140 valence electrons. The van der Waals surface area contributed by atoms with Crippen LogP contribution in [0.5, 0.6) is 0 Å². The highest BCUT2D eigenvalue weighted by atomic mass is 19.1. The summed E-state index contributed by atoms with van der Waals surface area (Å²) in [6, 6.07) is 12.6. The van der Waals surface area contributed by atoms with Crippen molar-refractivity contribution in [2.24, 2.45) is 0 Å². The second-order valence-corrected chi connectivity index (χ2v) is 6.24. The van der Waals surface area contributed by atoms with Crippen molar-refractivity contribution in [3.8, 4) is 0 Å². The van der Waals surface area contributed by atoms with Gasteiger partial charge in [-0.1, -0.05) is 24.3 Å². The number of nitrogens with zero attached hydrogens (tertiary/aromatic N) is 2. The molecule has 0 radical (unpaired) electrons. The standard InChI is InChI=1S/C20H20FN3O3/c1-2-23-11-12-24(20(27)19(23)26)13-14-7-9-15(10-8-14)18(25)22-17-6-4-3-5-16(17)21/h3-10H,2,11-13H2,1H3,(H,22,25). The number of likely N-dealkylation sites (N-methyl/N-ethyl adjacent to an activating group) is 1. The third-order valence-corrected chi connectivity index (χ3v) is 4.49. The van der Waals surface area contributed by atoms with E-state index in [0.29, 0.717) is 31.7 Å². The van der Waals surface area contributed by atoms with Crippen molar-refractivity contribution in [3.05, 3.63) is 65.5 Å². The van der Waals surface area contributed by atoms with Crippen LogP contribution in [0.25, 0.3) is 0 Å². The van der Waals surface area contributed by atoms with Crippen molar-refractivity contribution in [1.29, 1.82) is 0 Å². The van der Waals surface area contributed by atoms with Gasteiger partial charge < -0.3 is 15.1 Å². The zero-order valence-corrected chi connectivity index (χ0v) is 14.9. The maximum atomic E-state index is 13.6. The lowest BCUT2D eigenvalue weighted by Gasteiger charge is -2.33. The Kier molecular flexibility index (Phi) is 5.49. The summed E-state index contributed by atoms with van der Waals surface area (Å²) >= 11 is 0. The molecule has 2 aromatic rings. The molecule has 0 aromatic heterocycles. The summed E-state index contributed by atoms with van der Waals surface area (Å²) in [6.07, 6.45) is 0. The van der Waals surface area contributed by atoms with Crippen LogP contribution in [0.3, 0.4) is 0 Å². The first-order chi connectivity index (χ1) is 13.0. The number of amides is 3. The van der Waals surface area contributed by atoms with Crippen LogP contribution in [-0.4, -0.2) is 47.2 Å². The molecule has 1 aliphatic heterocycles. The van der Waals surface area contributed by atoms with E-state index in [4.69, 9.17) is 0 Å². The predicted octanol–water partition coefficient (Wildman–Crippen LogP) is 2.27. The van der Waals surface area contributed by atoms with E-state index in [2.05, 4.69) is 5.32 Å². The summed E-state index contributed by atoms with van der Waals surface area (Å²) < 4.78 is 13.6. The molecule has 1 saturated heterocycles. The van der Waals surface area contributed by atoms with Gasteiger partial charge in [-0.15, -0.1) is 0 Å². The second-order valence-electron chi connectivity index (χ2n) is 6.24. The predicted molar refractivity (Wildman–Crippen MR) is 98.5 cm³/mol. The van der Waals surface area contributed by atoms with Gasteiger partial charge in [0.05, 0.1) is 5.69 Å². The second kappa shape index (κ2) is 7.99. The third kappa shape index (κ3) is 4.13. The average molecular weight is 369 g/mol.